The van der Waals surface area contributed by atoms with Crippen LogP contribution in [0.15, 0.2) is 6.20 Å². The average Bonchev–Trinajstić information content (AvgIpc) is 2.63. The molecule has 0 aliphatic carbocycles. The number of aromatic nitrogens is 3. The molecule has 0 amide bonds. The van der Waals surface area contributed by atoms with Gasteiger partial charge in [0.05, 0.1) is 11.9 Å². The molecule has 0 bridgehead atoms. The molecule has 0 aliphatic rings. The number of nitrogens with zero attached hydrogens (tertiary/aromatic N) is 3. The van der Waals surface area contributed by atoms with Crippen molar-refractivity contribution in [2.75, 3.05) is 7.05 Å². The molecule has 1 atom stereocenters. The van der Waals surface area contributed by atoms with Crippen molar-refractivity contribution in [3.05, 3.63) is 11.9 Å². The predicted octanol–water partition coefficient (Wildman–Crippen LogP) is 0.784. The minimum Gasteiger partial charge on any atom is -0.314 e. The molecular weight excluding hydrogens is 192 g/mol. The summed E-state index contributed by atoms with van der Waals surface area (Å²) in [6, 6.07) is -0.192. The Hall–Kier alpha value is -1.23. The van der Waals surface area contributed by atoms with Gasteiger partial charge >= 0.3 is 0 Å². The van der Waals surface area contributed by atoms with E-state index in [0.717, 1.165) is 18.4 Å². The molecule has 1 aromatic heterocycles. The molecule has 0 saturated carbocycles. The summed E-state index contributed by atoms with van der Waals surface area (Å²) in [6.45, 7) is 4.84. The van der Waals surface area contributed by atoms with Crippen LogP contribution in [0.3, 0.4) is 0 Å². The number of hydrogen-bond donors (Lipinski definition) is 1. The quantitative estimate of drug-likeness (QED) is 0.705. The summed E-state index contributed by atoms with van der Waals surface area (Å²) in [5.41, 5.74) is 0.855. The third kappa shape index (κ3) is 3.43. The van der Waals surface area contributed by atoms with Gasteiger partial charge in [-0.05, 0) is 19.4 Å². The lowest BCUT2D eigenvalue weighted by atomic mass is 10.1. The second-order valence-corrected chi connectivity index (χ2v) is 4.05. The van der Waals surface area contributed by atoms with Gasteiger partial charge in [0.2, 0.25) is 0 Å². The maximum absolute atomic E-state index is 10.9. The SMILES string of the molecule is CNCc1cn(C(C=O)CC(C)C)nn1. The van der Waals surface area contributed by atoms with Crippen LogP contribution in [0.4, 0.5) is 0 Å². The zero-order chi connectivity index (χ0) is 11.3. The van der Waals surface area contributed by atoms with E-state index in [4.69, 9.17) is 0 Å². The first-order chi connectivity index (χ1) is 7.17. The van der Waals surface area contributed by atoms with Crippen molar-refractivity contribution in [2.45, 2.75) is 32.9 Å². The van der Waals surface area contributed by atoms with Crippen molar-refractivity contribution >= 4 is 6.29 Å². The van der Waals surface area contributed by atoms with Gasteiger partial charge < -0.3 is 10.1 Å². The first-order valence-electron chi connectivity index (χ1n) is 5.18. The molecule has 0 aliphatic heterocycles. The van der Waals surface area contributed by atoms with Gasteiger partial charge in [-0.25, -0.2) is 4.68 Å². The summed E-state index contributed by atoms with van der Waals surface area (Å²) in [5, 5.41) is 10.9. The molecule has 15 heavy (non-hydrogen) atoms. The Labute approximate surface area is 89.9 Å². The minimum atomic E-state index is -0.192. The van der Waals surface area contributed by atoms with Gasteiger partial charge in [-0.3, -0.25) is 0 Å². The average molecular weight is 210 g/mol. The van der Waals surface area contributed by atoms with Crippen LogP contribution >= 0.6 is 0 Å². The smallest absolute Gasteiger partial charge is 0.144 e. The molecule has 84 valence electrons. The molecule has 0 radical (unpaired) electrons. The number of hydrogen-bond acceptors (Lipinski definition) is 4. The van der Waals surface area contributed by atoms with Gasteiger partial charge in [0.15, 0.2) is 0 Å². The Bertz CT molecular complexity index is 308. The van der Waals surface area contributed by atoms with Gasteiger partial charge in [-0.15, -0.1) is 5.10 Å². The van der Waals surface area contributed by atoms with Crippen LogP contribution in [-0.2, 0) is 11.3 Å². The van der Waals surface area contributed by atoms with Crippen molar-refractivity contribution in [1.82, 2.24) is 20.3 Å². The first kappa shape index (κ1) is 11.8. The second-order valence-electron chi connectivity index (χ2n) is 4.05. The second kappa shape index (κ2) is 5.60. The lowest BCUT2D eigenvalue weighted by molar-refractivity contribution is -0.111. The van der Waals surface area contributed by atoms with Crippen LogP contribution in [0.1, 0.15) is 32.0 Å². The number of rotatable bonds is 6. The van der Waals surface area contributed by atoms with Crippen molar-refractivity contribution in [1.29, 1.82) is 0 Å². The molecule has 1 aromatic rings. The predicted molar refractivity (Wildman–Crippen MR) is 57.3 cm³/mol. The van der Waals surface area contributed by atoms with Gasteiger partial charge in [0.25, 0.3) is 0 Å². The van der Waals surface area contributed by atoms with Gasteiger partial charge in [-0.1, -0.05) is 19.1 Å². The topological polar surface area (TPSA) is 59.8 Å². The van der Waals surface area contributed by atoms with Crippen LogP contribution in [0, 0.1) is 5.92 Å². The lowest BCUT2D eigenvalue weighted by Gasteiger charge is -2.11. The highest BCUT2D eigenvalue weighted by Gasteiger charge is 2.13. The summed E-state index contributed by atoms with van der Waals surface area (Å²) >= 11 is 0. The fraction of sp³-hybridized carbons (Fsp3) is 0.700. The van der Waals surface area contributed by atoms with Gasteiger partial charge in [0.1, 0.15) is 12.3 Å². The van der Waals surface area contributed by atoms with E-state index in [-0.39, 0.29) is 6.04 Å². The highest BCUT2D eigenvalue weighted by Crippen LogP contribution is 2.14. The van der Waals surface area contributed by atoms with E-state index in [1.807, 2.05) is 13.2 Å². The minimum absolute atomic E-state index is 0.192. The van der Waals surface area contributed by atoms with Crippen molar-refractivity contribution in [3.8, 4) is 0 Å². The molecule has 5 nitrogen and oxygen atoms in total. The highest BCUT2D eigenvalue weighted by atomic mass is 16.1. The number of carbonyl (C=O) groups excluding carboxylic acids is 1. The van der Waals surface area contributed by atoms with E-state index in [1.54, 1.807) is 4.68 Å². The molecule has 0 spiro atoms. The summed E-state index contributed by atoms with van der Waals surface area (Å²) in [6.07, 6.45) is 3.54. The first-order valence-corrected chi connectivity index (χ1v) is 5.18. The van der Waals surface area contributed by atoms with E-state index in [0.29, 0.717) is 12.5 Å². The van der Waals surface area contributed by atoms with E-state index in [9.17, 15) is 4.79 Å². The maximum Gasteiger partial charge on any atom is 0.144 e. The molecular formula is C10H18N4O. The van der Waals surface area contributed by atoms with Crippen molar-refractivity contribution in [2.24, 2.45) is 5.92 Å². The zero-order valence-corrected chi connectivity index (χ0v) is 9.47. The van der Waals surface area contributed by atoms with Crippen LogP contribution in [0.25, 0.3) is 0 Å². The molecule has 1 rings (SSSR count). The van der Waals surface area contributed by atoms with Crippen LogP contribution in [-0.4, -0.2) is 28.3 Å². The summed E-state index contributed by atoms with van der Waals surface area (Å²) in [7, 11) is 1.85. The molecule has 0 fully saturated rings. The fourth-order valence-corrected chi connectivity index (χ4v) is 1.45. The third-order valence-electron chi connectivity index (χ3n) is 2.13. The Morgan fingerprint density at radius 3 is 2.87 bits per heavy atom. The number of carbonyl (C=O) groups is 1. The molecule has 5 heteroatoms. The lowest BCUT2D eigenvalue weighted by Crippen LogP contribution is -2.13. The van der Waals surface area contributed by atoms with Crippen LogP contribution < -0.4 is 5.32 Å². The number of nitrogens with one attached hydrogen (secondary N) is 1. The molecule has 1 unspecified atom stereocenters. The van der Waals surface area contributed by atoms with E-state index in [2.05, 4.69) is 29.5 Å². The highest BCUT2D eigenvalue weighted by molar-refractivity contribution is 5.55. The molecule has 1 N–H and O–H groups in total. The van der Waals surface area contributed by atoms with E-state index >= 15 is 0 Å². The summed E-state index contributed by atoms with van der Waals surface area (Å²) in [4.78, 5) is 10.9. The Kier molecular flexibility index (Phi) is 4.42. The molecule has 1 heterocycles. The largest absolute Gasteiger partial charge is 0.314 e. The Morgan fingerprint density at radius 1 is 1.60 bits per heavy atom. The normalized spacial score (nSPS) is 13.1. The van der Waals surface area contributed by atoms with Crippen LogP contribution in [0.2, 0.25) is 0 Å². The zero-order valence-electron chi connectivity index (χ0n) is 9.47. The monoisotopic (exact) mass is 210 g/mol. The van der Waals surface area contributed by atoms with Crippen LogP contribution in [0.5, 0.6) is 0 Å². The maximum atomic E-state index is 10.9. The van der Waals surface area contributed by atoms with Gasteiger partial charge in [-0.2, -0.15) is 0 Å². The standard InChI is InChI=1S/C10H18N4O/c1-8(2)4-10(7-15)14-6-9(5-11-3)12-13-14/h6-8,10-11H,4-5H2,1-3H3. The third-order valence-corrected chi connectivity index (χ3v) is 2.13. The molecule has 0 aromatic carbocycles. The van der Waals surface area contributed by atoms with Crippen molar-refractivity contribution < 1.29 is 4.79 Å². The van der Waals surface area contributed by atoms with E-state index in [1.165, 1.54) is 0 Å². The summed E-state index contributed by atoms with van der Waals surface area (Å²) in [5.74, 6) is 0.470. The fourth-order valence-electron chi connectivity index (χ4n) is 1.45. The van der Waals surface area contributed by atoms with E-state index < -0.39 is 0 Å². The van der Waals surface area contributed by atoms with Gasteiger partial charge in [0, 0.05) is 6.54 Å². The number of aldehydes is 1. The Morgan fingerprint density at radius 2 is 2.33 bits per heavy atom. The van der Waals surface area contributed by atoms with Crippen molar-refractivity contribution in [3.63, 3.8) is 0 Å². The summed E-state index contributed by atoms with van der Waals surface area (Å²) < 4.78 is 1.64. The molecule has 0 saturated heterocycles. The Balaban J connectivity index is 2.69.